The summed E-state index contributed by atoms with van der Waals surface area (Å²) in [5, 5.41) is 2.65. The molecule has 0 N–H and O–H groups in total. The van der Waals surface area contributed by atoms with Gasteiger partial charge in [-0.3, -0.25) is 0 Å². The first-order valence-electron chi connectivity index (χ1n) is 13.4. The van der Waals surface area contributed by atoms with Crippen molar-refractivity contribution >= 4 is 28.5 Å². The highest BCUT2D eigenvalue weighted by atomic mass is 32.2. The predicted molar refractivity (Wildman–Crippen MR) is 160 cm³/mol. The normalized spacial score (nSPS) is 18.9. The van der Waals surface area contributed by atoms with Gasteiger partial charge in [0.1, 0.15) is 8.07 Å². The predicted octanol–water partition coefficient (Wildman–Crippen LogP) is 6.22. The lowest BCUT2D eigenvalue weighted by atomic mass is 9.98. The second-order valence-corrected chi connectivity index (χ2v) is 18.5. The van der Waals surface area contributed by atoms with Crippen molar-refractivity contribution in [2.24, 2.45) is 0 Å². The summed E-state index contributed by atoms with van der Waals surface area (Å²) in [6.07, 6.45) is 0. The van der Waals surface area contributed by atoms with Gasteiger partial charge in [-0.05, 0) is 35.2 Å². The fraction of sp³-hybridized carbons (Fsp3) is 0.273. The first-order chi connectivity index (χ1) is 18.2. The minimum Gasteiger partial charge on any atom is -0.207 e. The Morgan fingerprint density at radius 1 is 0.684 bits per heavy atom. The summed E-state index contributed by atoms with van der Waals surface area (Å²) in [6.45, 7) is 10.0. The molecule has 4 aromatic rings. The molecule has 0 aliphatic carbocycles. The zero-order valence-corrected chi connectivity index (χ0v) is 24.5. The Morgan fingerprint density at radius 2 is 1.16 bits per heavy atom. The van der Waals surface area contributed by atoms with Crippen molar-refractivity contribution in [3.63, 3.8) is 0 Å². The van der Waals surface area contributed by atoms with Gasteiger partial charge in [0.2, 0.25) is 10.0 Å². The molecule has 1 aliphatic rings. The van der Waals surface area contributed by atoms with Gasteiger partial charge in [-0.25, -0.2) is 8.42 Å². The molecule has 5 rings (SSSR count). The summed E-state index contributed by atoms with van der Waals surface area (Å²) >= 11 is 0. The van der Waals surface area contributed by atoms with E-state index in [9.17, 15) is 8.42 Å². The summed E-state index contributed by atoms with van der Waals surface area (Å²) < 4.78 is 29.9. The number of hydrogen-bond donors (Lipinski definition) is 0. The molecule has 1 saturated heterocycles. The van der Waals surface area contributed by atoms with E-state index >= 15 is 0 Å². The van der Waals surface area contributed by atoms with E-state index in [1.165, 1.54) is 15.9 Å². The van der Waals surface area contributed by atoms with Crippen molar-refractivity contribution < 1.29 is 8.42 Å². The number of hydrogen-bond acceptors (Lipinski definition) is 2. The van der Waals surface area contributed by atoms with Gasteiger partial charge in [-0.15, -0.1) is 0 Å². The average Bonchev–Trinajstić information content (AvgIpc) is 3.37. The van der Waals surface area contributed by atoms with Crippen LogP contribution < -0.4 is 10.4 Å². The smallest absolute Gasteiger partial charge is 0.207 e. The highest BCUT2D eigenvalue weighted by molar-refractivity contribution is 7.89. The van der Waals surface area contributed by atoms with E-state index in [4.69, 9.17) is 0 Å². The quantitative estimate of drug-likeness (QED) is 0.273. The largest absolute Gasteiger partial charge is 0.243 e. The van der Waals surface area contributed by atoms with Crippen LogP contribution in [0.2, 0.25) is 10.6 Å². The van der Waals surface area contributed by atoms with Crippen LogP contribution in [-0.2, 0) is 10.0 Å². The van der Waals surface area contributed by atoms with Crippen LogP contribution in [0.4, 0.5) is 0 Å². The van der Waals surface area contributed by atoms with Gasteiger partial charge in [0.05, 0.1) is 4.90 Å². The molecule has 5 heteroatoms. The summed E-state index contributed by atoms with van der Waals surface area (Å²) in [6, 6.07) is 39.7. The van der Waals surface area contributed by atoms with Crippen LogP contribution >= 0.6 is 0 Å². The standard InChI is InChI=1S/C33H37NO2SSi/c1-26-20-22-28(23-21-26)37(35,36)34-24-31(27-14-8-5-9-15-27)32(25-34)38(33(2,3)4,29-16-10-6-11-17-29)30-18-12-7-13-19-30/h5-23,31-32H,24-25H2,1-4H3/t31-,32+/m1/s1. The molecule has 0 bridgehead atoms. The Hall–Kier alpha value is -2.99. The summed E-state index contributed by atoms with van der Waals surface area (Å²) in [7, 11) is -6.24. The molecular formula is C33H37NO2SSi. The summed E-state index contributed by atoms with van der Waals surface area (Å²) in [5.41, 5.74) is 2.42. The minimum atomic E-state index is -3.64. The van der Waals surface area contributed by atoms with Gasteiger partial charge in [-0.1, -0.05) is 140 Å². The van der Waals surface area contributed by atoms with Crippen LogP contribution in [0.1, 0.15) is 37.8 Å². The van der Waals surface area contributed by atoms with E-state index in [-0.39, 0.29) is 16.5 Å². The van der Waals surface area contributed by atoms with Gasteiger partial charge in [0, 0.05) is 19.0 Å². The fourth-order valence-electron chi connectivity index (χ4n) is 6.72. The average molecular weight is 540 g/mol. The van der Waals surface area contributed by atoms with Crippen LogP contribution in [0, 0.1) is 6.92 Å². The van der Waals surface area contributed by atoms with E-state index in [0.717, 1.165) is 5.56 Å². The second kappa shape index (κ2) is 10.3. The van der Waals surface area contributed by atoms with Crippen LogP contribution in [-0.4, -0.2) is 33.9 Å². The molecule has 0 spiro atoms. The van der Waals surface area contributed by atoms with Crippen molar-refractivity contribution in [2.75, 3.05) is 13.1 Å². The molecule has 196 valence electrons. The molecule has 4 aromatic carbocycles. The lowest BCUT2D eigenvalue weighted by Crippen LogP contribution is -2.68. The summed E-state index contributed by atoms with van der Waals surface area (Å²) in [5.74, 6) is 0.0859. The van der Waals surface area contributed by atoms with E-state index in [2.05, 4.69) is 106 Å². The van der Waals surface area contributed by atoms with E-state index in [0.29, 0.717) is 18.0 Å². The van der Waals surface area contributed by atoms with Gasteiger partial charge in [0.15, 0.2) is 0 Å². The Balaban J connectivity index is 1.75. The van der Waals surface area contributed by atoms with Gasteiger partial charge in [-0.2, -0.15) is 4.31 Å². The maximum absolute atomic E-state index is 14.1. The topological polar surface area (TPSA) is 37.4 Å². The van der Waals surface area contributed by atoms with Crippen LogP contribution in [0.15, 0.2) is 120 Å². The van der Waals surface area contributed by atoms with Crippen LogP contribution in [0.3, 0.4) is 0 Å². The SMILES string of the molecule is Cc1ccc(S(=O)(=O)N2C[C@H](c3ccccc3)[C@@H]([Si](c3ccccc3)(c3ccccc3)C(C)(C)C)C2)cc1. The highest BCUT2D eigenvalue weighted by Gasteiger charge is 2.58. The zero-order chi connectivity index (χ0) is 27.0. The van der Waals surface area contributed by atoms with Crippen molar-refractivity contribution in [3.8, 4) is 0 Å². The molecule has 38 heavy (non-hydrogen) atoms. The molecule has 3 nitrogen and oxygen atoms in total. The fourth-order valence-corrected chi connectivity index (χ4v) is 15.2. The van der Waals surface area contributed by atoms with E-state index in [1.807, 2.05) is 25.1 Å². The first kappa shape index (κ1) is 26.6. The third kappa shape index (κ3) is 4.57. The molecule has 1 heterocycles. The third-order valence-corrected chi connectivity index (χ3v) is 16.8. The maximum Gasteiger partial charge on any atom is 0.243 e. The number of aryl methyl sites for hydroxylation is 1. The van der Waals surface area contributed by atoms with Gasteiger partial charge >= 0.3 is 0 Å². The first-order valence-corrected chi connectivity index (χ1v) is 16.9. The lowest BCUT2D eigenvalue weighted by Gasteiger charge is -2.50. The van der Waals surface area contributed by atoms with Crippen LogP contribution in [0.5, 0.6) is 0 Å². The molecule has 1 aliphatic heterocycles. The maximum atomic E-state index is 14.1. The molecular weight excluding hydrogens is 503 g/mol. The molecule has 2 atom stereocenters. The van der Waals surface area contributed by atoms with Crippen molar-refractivity contribution in [1.29, 1.82) is 0 Å². The minimum absolute atomic E-state index is 0.0724. The van der Waals surface area contributed by atoms with Gasteiger partial charge < -0.3 is 0 Å². The van der Waals surface area contributed by atoms with E-state index in [1.54, 1.807) is 16.4 Å². The van der Waals surface area contributed by atoms with Crippen molar-refractivity contribution in [3.05, 3.63) is 126 Å². The second-order valence-electron chi connectivity index (χ2n) is 11.5. The molecule has 0 amide bonds. The Kier molecular flexibility index (Phi) is 7.20. The van der Waals surface area contributed by atoms with Crippen molar-refractivity contribution in [1.82, 2.24) is 4.31 Å². The monoisotopic (exact) mass is 539 g/mol. The number of nitrogens with zero attached hydrogens (tertiary/aromatic N) is 1. The Labute approximate surface area is 229 Å². The highest BCUT2D eigenvalue weighted by Crippen LogP contribution is 2.52. The third-order valence-electron chi connectivity index (χ3n) is 8.37. The number of sulfonamides is 1. The lowest BCUT2D eigenvalue weighted by molar-refractivity contribution is 0.472. The zero-order valence-electron chi connectivity index (χ0n) is 22.7. The van der Waals surface area contributed by atoms with Gasteiger partial charge in [0.25, 0.3) is 0 Å². The Bertz CT molecular complexity index is 1430. The molecule has 1 fully saturated rings. The molecule has 0 radical (unpaired) electrons. The van der Waals surface area contributed by atoms with Crippen molar-refractivity contribution in [2.45, 2.75) is 49.1 Å². The number of benzene rings is 4. The Morgan fingerprint density at radius 3 is 1.63 bits per heavy atom. The molecule has 0 saturated carbocycles. The summed E-state index contributed by atoms with van der Waals surface area (Å²) in [4.78, 5) is 0.373. The number of rotatable bonds is 6. The van der Waals surface area contributed by atoms with E-state index < -0.39 is 18.1 Å². The molecule has 0 aromatic heterocycles. The van der Waals surface area contributed by atoms with Crippen LogP contribution in [0.25, 0.3) is 0 Å². The molecule has 0 unspecified atom stereocenters.